The van der Waals surface area contributed by atoms with Gasteiger partial charge in [0.15, 0.2) is 5.76 Å². The zero-order valence-electron chi connectivity index (χ0n) is 6.71. The van der Waals surface area contributed by atoms with Crippen molar-refractivity contribution in [2.24, 2.45) is 0 Å². The largest absolute Gasteiger partial charge is 0.461 e. The van der Waals surface area contributed by atoms with E-state index in [0.29, 0.717) is 12.8 Å². The number of Topliss-reactive ketones (excluding diaryl/α,β-unsaturated/α-hetero) is 1. The summed E-state index contributed by atoms with van der Waals surface area (Å²) in [5.41, 5.74) is 0.976. The topological polar surface area (TPSA) is 35.5 Å². The van der Waals surface area contributed by atoms with Crippen LogP contribution in [0.3, 0.4) is 0 Å². The van der Waals surface area contributed by atoms with Crippen molar-refractivity contribution in [2.45, 2.75) is 19.3 Å². The molecule has 0 amide bonds. The van der Waals surface area contributed by atoms with Crippen LogP contribution in [0, 0.1) is 0 Å². The fourth-order valence-electron chi connectivity index (χ4n) is 1.38. The Labute approximate surface area is 70.7 Å². The Morgan fingerprint density at radius 1 is 1.42 bits per heavy atom. The molecule has 0 radical (unpaired) electrons. The van der Waals surface area contributed by atoms with Crippen LogP contribution in [0.25, 0.3) is 0 Å². The highest BCUT2D eigenvalue weighted by Crippen LogP contribution is 2.24. The van der Waals surface area contributed by atoms with Crippen molar-refractivity contribution in [3.8, 4) is 0 Å². The normalized spacial score (nSPS) is 22.5. The molecule has 2 aliphatic rings. The zero-order chi connectivity index (χ0) is 8.39. The maximum Gasteiger partial charge on any atom is 0.230 e. The van der Waals surface area contributed by atoms with Gasteiger partial charge in [-0.2, -0.15) is 0 Å². The quantitative estimate of drug-likeness (QED) is 0.592. The molecule has 3 heteroatoms. The monoisotopic (exact) mass is 166 g/mol. The molecule has 0 saturated carbocycles. The first-order valence-corrected chi connectivity index (χ1v) is 4.02. The molecule has 0 aromatic carbocycles. The van der Waals surface area contributed by atoms with Crippen molar-refractivity contribution in [3.63, 3.8) is 0 Å². The molecule has 1 heterocycles. The molecule has 3 nitrogen and oxygen atoms in total. The predicted molar refractivity (Wildman–Crippen MR) is 42.1 cm³/mol. The van der Waals surface area contributed by atoms with Crippen molar-refractivity contribution >= 4 is 5.78 Å². The molecule has 0 aromatic rings. The van der Waals surface area contributed by atoms with Gasteiger partial charge in [-0.15, -0.1) is 0 Å². The fourth-order valence-corrected chi connectivity index (χ4v) is 1.38. The molecule has 1 aliphatic heterocycles. The Morgan fingerprint density at radius 2 is 2.33 bits per heavy atom. The van der Waals surface area contributed by atoms with Gasteiger partial charge in [0.05, 0.1) is 0 Å². The summed E-state index contributed by atoms with van der Waals surface area (Å²) in [6.45, 7) is 0.279. The molecule has 0 unspecified atom stereocenters. The van der Waals surface area contributed by atoms with Crippen LogP contribution in [-0.4, -0.2) is 12.6 Å². The van der Waals surface area contributed by atoms with Crippen LogP contribution in [0.1, 0.15) is 19.3 Å². The molecular formula is C9H10O3. The van der Waals surface area contributed by atoms with Crippen molar-refractivity contribution in [2.75, 3.05) is 6.79 Å². The Hall–Kier alpha value is -1.25. The fraction of sp³-hybridized carbons (Fsp3) is 0.444. The number of ether oxygens (including phenoxy) is 2. The highest BCUT2D eigenvalue weighted by molar-refractivity contribution is 5.83. The van der Waals surface area contributed by atoms with Gasteiger partial charge in [0, 0.05) is 18.4 Å². The van der Waals surface area contributed by atoms with E-state index in [1.165, 1.54) is 0 Å². The molecular weight excluding hydrogens is 156 g/mol. The standard InChI is InChI=1S/C9H10O3/c10-8-3-1-2-7(4-8)9-5-11-6-12-9/h2,5H,1,3-4,6H2. The minimum atomic E-state index is 0.279. The lowest BCUT2D eigenvalue weighted by atomic mass is 9.97. The van der Waals surface area contributed by atoms with Crippen LogP contribution in [0.5, 0.6) is 0 Å². The molecule has 0 N–H and O–H groups in total. The highest BCUT2D eigenvalue weighted by Gasteiger charge is 2.18. The number of hydrogen-bond acceptors (Lipinski definition) is 3. The zero-order valence-corrected chi connectivity index (χ0v) is 6.71. The van der Waals surface area contributed by atoms with Crippen LogP contribution in [-0.2, 0) is 14.3 Å². The minimum absolute atomic E-state index is 0.279. The van der Waals surface area contributed by atoms with Gasteiger partial charge in [-0.05, 0) is 6.42 Å². The summed E-state index contributed by atoms with van der Waals surface area (Å²) >= 11 is 0. The Morgan fingerprint density at radius 3 is 3.00 bits per heavy atom. The van der Waals surface area contributed by atoms with Gasteiger partial charge in [0.25, 0.3) is 0 Å². The van der Waals surface area contributed by atoms with Gasteiger partial charge in [-0.3, -0.25) is 4.79 Å². The summed E-state index contributed by atoms with van der Waals surface area (Å²) in [7, 11) is 0. The smallest absolute Gasteiger partial charge is 0.230 e. The van der Waals surface area contributed by atoms with Gasteiger partial charge in [-0.25, -0.2) is 0 Å². The first kappa shape index (κ1) is 7.40. The predicted octanol–water partition coefficient (Wildman–Crippen LogP) is 1.51. The Balaban J connectivity index is 2.12. The van der Waals surface area contributed by atoms with Crippen LogP contribution in [0.2, 0.25) is 0 Å². The third kappa shape index (κ3) is 1.35. The molecule has 12 heavy (non-hydrogen) atoms. The van der Waals surface area contributed by atoms with Gasteiger partial charge >= 0.3 is 0 Å². The molecule has 0 fully saturated rings. The van der Waals surface area contributed by atoms with Crippen LogP contribution in [0.4, 0.5) is 0 Å². The summed E-state index contributed by atoms with van der Waals surface area (Å²) in [6, 6.07) is 0. The van der Waals surface area contributed by atoms with Gasteiger partial charge in [-0.1, -0.05) is 6.08 Å². The van der Waals surface area contributed by atoms with E-state index in [0.717, 1.165) is 17.8 Å². The molecule has 0 aromatic heterocycles. The van der Waals surface area contributed by atoms with E-state index in [4.69, 9.17) is 9.47 Å². The van der Waals surface area contributed by atoms with Crippen molar-refractivity contribution in [3.05, 3.63) is 23.7 Å². The summed E-state index contributed by atoms with van der Waals surface area (Å²) < 4.78 is 10.1. The lowest BCUT2D eigenvalue weighted by Crippen LogP contribution is -2.06. The lowest BCUT2D eigenvalue weighted by molar-refractivity contribution is -0.118. The second-order valence-electron chi connectivity index (χ2n) is 2.89. The van der Waals surface area contributed by atoms with Crippen molar-refractivity contribution in [1.29, 1.82) is 0 Å². The van der Waals surface area contributed by atoms with Gasteiger partial charge in [0.1, 0.15) is 12.0 Å². The maximum atomic E-state index is 11.1. The van der Waals surface area contributed by atoms with Crippen LogP contribution >= 0.6 is 0 Å². The summed E-state index contributed by atoms with van der Waals surface area (Å²) in [5, 5.41) is 0. The van der Waals surface area contributed by atoms with E-state index in [1.807, 2.05) is 6.08 Å². The first-order chi connectivity index (χ1) is 5.86. The minimum Gasteiger partial charge on any atom is -0.461 e. The van der Waals surface area contributed by atoms with E-state index in [1.54, 1.807) is 6.26 Å². The van der Waals surface area contributed by atoms with Crippen LogP contribution < -0.4 is 0 Å². The Bertz CT molecular complexity index is 263. The third-order valence-corrected chi connectivity index (χ3v) is 1.99. The molecule has 64 valence electrons. The second-order valence-corrected chi connectivity index (χ2v) is 2.89. The highest BCUT2D eigenvalue weighted by atomic mass is 16.7. The first-order valence-electron chi connectivity index (χ1n) is 4.02. The maximum absolute atomic E-state index is 11.1. The molecule has 0 spiro atoms. The molecule has 2 rings (SSSR count). The Kier molecular flexibility index (Phi) is 1.86. The van der Waals surface area contributed by atoms with Crippen LogP contribution in [0.15, 0.2) is 23.7 Å². The van der Waals surface area contributed by atoms with E-state index >= 15 is 0 Å². The van der Waals surface area contributed by atoms with E-state index in [-0.39, 0.29) is 12.6 Å². The van der Waals surface area contributed by atoms with Crippen molar-refractivity contribution < 1.29 is 14.3 Å². The number of rotatable bonds is 1. The summed E-state index contributed by atoms with van der Waals surface area (Å²) in [6.07, 6.45) is 5.61. The molecule has 1 aliphatic carbocycles. The van der Waals surface area contributed by atoms with E-state index in [2.05, 4.69) is 0 Å². The average Bonchev–Trinajstić information content (AvgIpc) is 2.56. The SMILES string of the molecule is O=C1CCC=C(C2=COCO2)C1. The molecule has 0 atom stereocenters. The number of carbonyl (C=O) groups is 1. The number of hydrogen-bond donors (Lipinski definition) is 0. The van der Waals surface area contributed by atoms with E-state index < -0.39 is 0 Å². The molecule has 0 saturated heterocycles. The second kappa shape index (κ2) is 3.01. The van der Waals surface area contributed by atoms with Crippen molar-refractivity contribution in [1.82, 2.24) is 0 Å². The third-order valence-electron chi connectivity index (χ3n) is 1.99. The lowest BCUT2D eigenvalue weighted by Gasteiger charge is -2.10. The van der Waals surface area contributed by atoms with Gasteiger partial charge < -0.3 is 9.47 Å². The average molecular weight is 166 g/mol. The molecule has 0 bridgehead atoms. The van der Waals surface area contributed by atoms with Gasteiger partial charge in [0.2, 0.25) is 6.79 Å². The summed E-state index contributed by atoms with van der Waals surface area (Å²) in [4.78, 5) is 11.1. The number of ketones is 1. The summed E-state index contributed by atoms with van der Waals surface area (Å²) in [5.74, 6) is 1.01. The number of allylic oxidation sites excluding steroid dienone is 2. The van der Waals surface area contributed by atoms with E-state index in [9.17, 15) is 4.79 Å². The number of carbonyl (C=O) groups excluding carboxylic acids is 1.